The Kier molecular flexibility index (Phi) is 7.91. The number of rotatable bonds is 7. The fourth-order valence-electron chi connectivity index (χ4n) is 4.94. The van der Waals surface area contributed by atoms with Crippen LogP contribution in [-0.2, 0) is 16.6 Å². The van der Waals surface area contributed by atoms with Gasteiger partial charge in [0.05, 0.1) is 12.0 Å². The number of methoxy groups -OCH3 is 1. The summed E-state index contributed by atoms with van der Waals surface area (Å²) in [7, 11) is -1.92. The van der Waals surface area contributed by atoms with Gasteiger partial charge in [-0.1, -0.05) is 30.7 Å². The Morgan fingerprint density at radius 3 is 2.53 bits per heavy atom. The van der Waals surface area contributed by atoms with E-state index in [0.717, 1.165) is 63.1 Å². The third-order valence-electron chi connectivity index (χ3n) is 6.95. The minimum absolute atomic E-state index is 0.0164. The maximum Gasteiger partial charge on any atom is 0.251 e. The molecular formula is C26H35N3O4S. The summed E-state index contributed by atoms with van der Waals surface area (Å²) in [5.41, 5.74) is 1.55. The van der Waals surface area contributed by atoms with Gasteiger partial charge < -0.3 is 10.1 Å². The molecule has 0 saturated carbocycles. The van der Waals surface area contributed by atoms with Gasteiger partial charge in [-0.2, -0.15) is 4.31 Å². The van der Waals surface area contributed by atoms with Gasteiger partial charge in [-0.15, -0.1) is 0 Å². The number of benzene rings is 2. The second-order valence-corrected chi connectivity index (χ2v) is 11.2. The van der Waals surface area contributed by atoms with Gasteiger partial charge in [0.15, 0.2) is 0 Å². The molecule has 1 atom stereocenters. The van der Waals surface area contributed by atoms with Gasteiger partial charge in [0, 0.05) is 49.4 Å². The zero-order valence-corrected chi connectivity index (χ0v) is 20.9. The molecule has 1 unspecified atom stereocenters. The molecule has 1 amide bonds. The van der Waals surface area contributed by atoms with Gasteiger partial charge in [-0.25, -0.2) is 8.42 Å². The summed E-state index contributed by atoms with van der Waals surface area (Å²) < 4.78 is 33.4. The van der Waals surface area contributed by atoms with Crippen LogP contribution in [0.15, 0.2) is 53.4 Å². The Morgan fingerprint density at radius 2 is 1.79 bits per heavy atom. The van der Waals surface area contributed by atoms with E-state index >= 15 is 0 Å². The summed E-state index contributed by atoms with van der Waals surface area (Å²) in [6.45, 7) is 5.06. The van der Waals surface area contributed by atoms with E-state index in [-0.39, 0.29) is 22.9 Å². The van der Waals surface area contributed by atoms with Crippen LogP contribution in [-0.4, -0.2) is 62.4 Å². The summed E-state index contributed by atoms with van der Waals surface area (Å²) in [5, 5.41) is 3.11. The number of sulfonamides is 1. The minimum Gasteiger partial charge on any atom is -0.496 e. The molecule has 0 radical (unpaired) electrons. The van der Waals surface area contributed by atoms with Crippen molar-refractivity contribution in [1.29, 1.82) is 0 Å². The van der Waals surface area contributed by atoms with Crippen LogP contribution in [0.25, 0.3) is 0 Å². The Balaban J connectivity index is 1.35. The average Bonchev–Trinajstić information content (AvgIpc) is 2.86. The van der Waals surface area contributed by atoms with Gasteiger partial charge in [0.2, 0.25) is 10.0 Å². The molecule has 1 N–H and O–H groups in total. The van der Waals surface area contributed by atoms with Crippen molar-refractivity contribution in [2.24, 2.45) is 0 Å². The Morgan fingerprint density at radius 1 is 1.03 bits per heavy atom. The molecule has 2 fully saturated rings. The molecule has 4 rings (SSSR count). The second-order valence-electron chi connectivity index (χ2n) is 9.32. The number of hydrogen-bond acceptors (Lipinski definition) is 5. The molecule has 2 aromatic rings. The van der Waals surface area contributed by atoms with E-state index in [1.807, 2.05) is 25.1 Å². The van der Waals surface area contributed by atoms with Crippen LogP contribution in [0.5, 0.6) is 5.75 Å². The summed E-state index contributed by atoms with van der Waals surface area (Å²) >= 11 is 0. The topological polar surface area (TPSA) is 79.0 Å². The first-order valence-electron chi connectivity index (χ1n) is 12.2. The van der Waals surface area contributed by atoms with Crippen molar-refractivity contribution in [3.63, 3.8) is 0 Å². The number of ether oxygens (including phenoxy) is 1. The number of nitrogens with zero attached hydrogens (tertiary/aromatic N) is 2. The van der Waals surface area contributed by atoms with Gasteiger partial charge in [0.25, 0.3) is 5.91 Å². The first kappa shape index (κ1) is 24.7. The lowest BCUT2D eigenvalue weighted by Gasteiger charge is -2.33. The number of para-hydroxylation sites is 1. The predicted octanol–water partition coefficient (Wildman–Crippen LogP) is 3.65. The molecular weight excluding hydrogens is 450 g/mol. The van der Waals surface area contributed by atoms with Crippen LogP contribution in [0.3, 0.4) is 0 Å². The molecule has 7 nitrogen and oxygen atoms in total. The highest BCUT2D eigenvalue weighted by Gasteiger charge is 2.31. The predicted molar refractivity (Wildman–Crippen MR) is 132 cm³/mol. The Hall–Kier alpha value is -2.42. The van der Waals surface area contributed by atoms with Gasteiger partial charge >= 0.3 is 0 Å². The van der Waals surface area contributed by atoms with Crippen molar-refractivity contribution in [3.05, 3.63) is 59.7 Å². The lowest BCUT2D eigenvalue weighted by molar-refractivity contribution is 0.0908. The van der Waals surface area contributed by atoms with E-state index in [1.54, 1.807) is 29.6 Å². The molecule has 2 saturated heterocycles. The smallest absolute Gasteiger partial charge is 0.251 e. The van der Waals surface area contributed by atoms with Crippen LogP contribution in [0.1, 0.15) is 54.9 Å². The van der Waals surface area contributed by atoms with E-state index < -0.39 is 10.0 Å². The maximum absolute atomic E-state index is 13.2. The fourth-order valence-corrected chi connectivity index (χ4v) is 6.69. The average molecular weight is 486 g/mol. The molecule has 0 aromatic heterocycles. The van der Waals surface area contributed by atoms with E-state index in [0.29, 0.717) is 12.1 Å². The first-order valence-corrected chi connectivity index (χ1v) is 13.6. The molecule has 0 bridgehead atoms. The second kappa shape index (κ2) is 10.9. The normalized spacial score (nSPS) is 20.7. The highest BCUT2D eigenvalue weighted by molar-refractivity contribution is 7.89. The Labute approximate surface area is 203 Å². The number of likely N-dealkylation sites (tertiary alicyclic amines) is 1. The molecule has 34 heavy (non-hydrogen) atoms. The third kappa shape index (κ3) is 5.62. The molecule has 0 aliphatic carbocycles. The lowest BCUT2D eigenvalue weighted by Crippen LogP contribution is -2.44. The summed E-state index contributed by atoms with van der Waals surface area (Å²) in [6.07, 6.45) is 4.50. The van der Waals surface area contributed by atoms with Crippen molar-refractivity contribution >= 4 is 15.9 Å². The molecule has 0 spiro atoms. The van der Waals surface area contributed by atoms with Crippen molar-refractivity contribution < 1.29 is 17.9 Å². The van der Waals surface area contributed by atoms with Crippen LogP contribution < -0.4 is 10.1 Å². The SMILES string of the molecule is COc1ccccc1CN1CCC(NC(=O)c2cccc(S(=O)(=O)N3CCCCC3C)c2)CC1. The molecule has 2 aromatic carbocycles. The summed E-state index contributed by atoms with van der Waals surface area (Å²) in [5.74, 6) is 0.679. The van der Waals surface area contributed by atoms with Crippen LogP contribution >= 0.6 is 0 Å². The number of piperidine rings is 2. The van der Waals surface area contributed by atoms with Crippen LogP contribution in [0.4, 0.5) is 0 Å². The standard InChI is InChI=1S/C26H35N3O4S/c1-20-8-5-6-15-29(20)34(31,32)24-11-7-10-21(18-24)26(30)27-23-13-16-28(17-14-23)19-22-9-3-4-12-25(22)33-2/h3-4,7,9-12,18,20,23H,5-6,8,13-17,19H2,1-2H3,(H,27,30). The largest absolute Gasteiger partial charge is 0.496 e. The van der Waals surface area contributed by atoms with Crippen LogP contribution in [0, 0.1) is 0 Å². The quantitative estimate of drug-likeness (QED) is 0.648. The molecule has 2 aliphatic rings. The molecule has 8 heteroatoms. The van der Waals surface area contributed by atoms with Crippen molar-refractivity contribution in [2.45, 2.75) is 62.6 Å². The van der Waals surface area contributed by atoms with Crippen molar-refractivity contribution in [2.75, 3.05) is 26.7 Å². The number of hydrogen-bond donors (Lipinski definition) is 1. The van der Waals surface area contributed by atoms with E-state index in [1.165, 1.54) is 6.07 Å². The number of nitrogens with one attached hydrogen (secondary N) is 1. The van der Waals surface area contributed by atoms with Gasteiger partial charge in [0.1, 0.15) is 5.75 Å². The van der Waals surface area contributed by atoms with Gasteiger partial charge in [-0.3, -0.25) is 9.69 Å². The molecule has 2 aliphatic heterocycles. The highest BCUT2D eigenvalue weighted by Crippen LogP contribution is 2.26. The van der Waals surface area contributed by atoms with Crippen LogP contribution in [0.2, 0.25) is 0 Å². The Bertz CT molecular complexity index is 1100. The molecule has 184 valence electrons. The minimum atomic E-state index is -3.61. The highest BCUT2D eigenvalue weighted by atomic mass is 32.2. The summed E-state index contributed by atoms with van der Waals surface area (Å²) in [4.78, 5) is 15.5. The maximum atomic E-state index is 13.2. The number of carbonyl (C=O) groups excluding carboxylic acids is 1. The number of amides is 1. The van der Waals surface area contributed by atoms with Gasteiger partial charge in [-0.05, 0) is 56.9 Å². The molecule has 2 heterocycles. The zero-order chi connectivity index (χ0) is 24.1. The first-order chi connectivity index (χ1) is 16.4. The number of carbonyl (C=O) groups is 1. The van der Waals surface area contributed by atoms with Crippen molar-refractivity contribution in [1.82, 2.24) is 14.5 Å². The fraction of sp³-hybridized carbons (Fsp3) is 0.500. The summed E-state index contributed by atoms with van der Waals surface area (Å²) in [6, 6.07) is 14.5. The van der Waals surface area contributed by atoms with E-state index in [4.69, 9.17) is 4.74 Å². The van der Waals surface area contributed by atoms with E-state index in [2.05, 4.69) is 16.3 Å². The van der Waals surface area contributed by atoms with Crippen molar-refractivity contribution in [3.8, 4) is 5.75 Å². The third-order valence-corrected chi connectivity index (χ3v) is 8.96. The zero-order valence-electron chi connectivity index (χ0n) is 20.1. The lowest BCUT2D eigenvalue weighted by atomic mass is 10.0. The van der Waals surface area contributed by atoms with E-state index in [9.17, 15) is 13.2 Å². The monoisotopic (exact) mass is 485 g/mol.